The Morgan fingerprint density at radius 1 is 0.625 bits per heavy atom. The van der Waals surface area contributed by atoms with Gasteiger partial charge in [-0.2, -0.15) is 0 Å². The SMILES string of the molecule is C=CC(=O)OCCCc1ccc(-c2cc(-c3ccc(COC(=O)C=C)cc3)ccc2-c2ccc(CC)cc2)cc1. The van der Waals surface area contributed by atoms with Gasteiger partial charge in [0.15, 0.2) is 0 Å². The van der Waals surface area contributed by atoms with Crippen LogP contribution in [-0.2, 0) is 38.5 Å². The molecule has 0 amide bonds. The summed E-state index contributed by atoms with van der Waals surface area (Å²) in [5.74, 6) is -0.820. The smallest absolute Gasteiger partial charge is 0.330 e. The number of benzene rings is 4. The molecule has 0 spiro atoms. The minimum atomic E-state index is -0.432. The monoisotopic (exact) mass is 530 g/mol. The highest BCUT2D eigenvalue weighted by molar-refractivity contribution is 5.87. The molecule has 0 bridgehead atoms. The number of aryl methyl sites for hydroxylation is 2. The van der Waals surface area contributed by atoms with Crippen LogP contribution in [0.1, 0.15) is 30.0 Å². The maximum absolute atomic E-state index is 11.4. The Hall–Kier alpha value is -4.70. The first-order valence-electron chi connectivity index (χ1n) is 13.5. The minimum Gasteiger partial charge on any atom is -0.463 e. The fraction of sp³-hybridized carbons (Fsp3) is 0.167. The van der Waals surface area contributed by atoms with E-state index in [4.69, 9.17) is 9.47 Å². The van der Waals surface area contributed by atoms with Crippen molar-refractivity contribution in [2.75, 3.05) is 6.61 Å². The highest BCUT2D eigenvalue weighted by atomic mass is 16.5. The Morgan fingerprint density at radius 2 is 1.15 bits per heavy atom. The maximum Gasteiger partial charge on any atom is 0.330 e. The minimum absolute atomic E-state index is 0.214. The number of esters is 2. The van der Waals surface area contributed by atoms with Crippen molar-refractivity contribution in [1.82, 2.24) is 0 Å². The van der Waals surface area contributed by atoms with Gasteiger partial charge in [0.05, 0.1) is 6.61 Å². The van der Waals surface area contributed by atoms with E-state index < -0.39 is 5.97 Å². The first-order valence-corrected chi connectivity index (χ1v) is 13.5. The van der Waals surface area contributed by atoms with Gasteiger partial charge in [-0.15, -0.1) is 0 Å². The summed E-state index contributed by atoms with van der Waals surface area (Å²) in [6.45, 7) is 9.61. The fourth-order valence-electron chi connectivity index (χ4n) is 4.50. The molecule has 0 saturated carbocycles. The molecule has 0 unspecified atom stereocenters. The Kier molecular flexibility index (Phi) is 9.84. The van der Waals surface area contributed by atoms with Crippen molar-refractivity contribution in [1.29, 1.82) is 0 Å². The second-order valence-electron chi connectivity index (χ2n) is 9.49. The van der Waals surface area contributed by atoms with E-state index in [-0.39, 0.29) is 12.6 Å². The van der Waals surface area contributed by atoms with E-state index in [0.29, 0.717) is 6.61 Å². The van der Waals surface area contributed by atoms with Gasteiger partial charge in [0.1, 0.15) is 6.61 Å². The Bertz CT molecular complexity index is 1460. The van der Waals surface area contributed by atoms with Gasteiger partial charge in [0.2, 0.25) is 0 Å². The Labute approximate surface area is 236 Å². The van der Waals surface area contributed by atoms with Crippen molar-refractivity contribution in [2.24, 2.45) is 0 Å². The molecule has 0 aliphatic carbocycles. The average Bonchev–Trinajstić information content (AvgIpc) is 3.02. The van der Waals surface area contributed by atoms with Crippen LogP contribution in [0, 0.1) is 0 Å². The number of rotatable bonds is 12. The number of carbonyl (C=O) groups is 2. The molecular weight excluding hydrogens is 496 g/mol. The highest BCUT2D eigenvalue weighted by Gasteiger charge is 2.11. The van der Waals surface area contributed by atoms with Gasteiger partial charge in [-0.3, -0.25) is 0 Å². The van der Waals surface area contributed by atoms with E-state index in [9.17, 15) is 9.59 Å². The van der Waals surface area contributed by atoms with Gasteiger partial charge >= 0.3 is 11.9 Å². The van der Waals surface area contributed by atoms with Crippen LogP contribution < -0.4 is 0 Å². The van der Waals surface area contributed by atoms with Crippen molar-refractivity contribution < 1.29 is 19.1 Å². The van der Waals surface area contributed by atoms with Crippen molar-refractivity contribution in [3.8, 4) is 33.4 Å². The van der Waals surface area contributed by atoms with Gasteiger partial charge in [-0.25, -0.2) is 9.59 Å². The summed E-state index contributed by atoms with van der Waals surface area (Å²) < 4.78 is 10.3. The van der Waals surface area contributed by atoms with Crippen LogP contribution in [0.3, 0.4) is 0 Å². The summed E-state index contributed by atoms with van der Waals surface area (Å²) in [5.41, 5.74) is 10.2. The number of ether oxygens (including phenoxy) is 2. The Morgan fingerprint density at radius 3 is 1.77 bits per heavy atom. The molecule has 4 nitrogen and oxygen atoms in total. The molecule has 4 rings (SSSR count). The molecule has 0 aromatic heterocycles. The summed E-state index contributed by atoms with van der Waals surface area (Å²) in [7, 11) is 0. The molecule has 4 heteroatoms. The molecule has 0 atom stereocenters. The largest absolute Gasteiger partial charge is 0.463 e. The molecule has 202 valence electrons. The molecule has 0 N–H and O–H groups in total. The molecule has 0 aliphatic heterocycles. The predicted octanol–water partition coefficient (Wildman–Crippen LogP) is 8.14. The maximum atomic E-state index is 11.4. The lowest BCUT2D eigenvalue weighted by Crippen LogP contribution is -2.02. The predicted molar refractivity (Wildman–Crippen MR) is 162 cm³/mol. The fourth-order valence-corrected chi connectivity index (χ4v) is 4.50. The number of hydrogen-bond donors (Lipinski definition) is 0. The van der Waals surface area contributed by atoms with Crippen LogP contribution in [0.25, 0.3) is 33.4 Å². The molecule has 0 fully saturated rings. The Balaban J connectivity index is 1.61. The van der Waals surface area contributed by atoms with Crippen LogP contribution in [0.5, 0.6) is 0 Å². The summed E-state index contributed by atoms with van der Waals surface area (Å²) in [6.07, 6.45) is 4.94. The van der Waals surface area contributed by atoms with Crippen molar-refractivity contribution in [3.05, 3.63) is 133 Å². The topological polar surface area (TPSA) is 52.6 Å². The lowest BCUT2D eigenvalue weighted by atomic mass is 9.90. The zero-order valence-corrected chi connectivity index (χ0v) is 22.9. The van der Waals surface area contributed by atoms with Gasteiger partial charge in [0.25, 0.3) is 0 Å². The van der Waals surface area contributed by atoms with E-state index in [2.05, 4.69) is 86.8 Å². The summed E-state index contributed by atoms with van der Waals surface area (Å²) in [5, 5.41) is 0. The molecule has 0 radical (unpaired) electrons. The molecular formula is C36H34O4. The van der Waals surface area contributed by atoms with Crippen LogP contribution in [0.4, 0.5) is 0 Å². The van der Waals surface area contributed by atoms with Gasteiger partial charge < -0.3 is 9.47 Å². The second kappa shape index (κ2) is 13.9. The van der Waals surface area contributed by atoms with Crippen LogP contribution in [-0.4, -0.2) is 18.5 Å². The lowest BCUT2D eigenvalue weighted by molar-refractivity contribution is -0.139. The van der Waals surface area contributed by atoms with Gasteiger partial charge in [-0.1, -0.05) is 105 Å². The standard InChI is InChI=1S/C36H34O4/c1-4-26-9-17-30(18-10-26)33-22-21-32(29-15-13-28(14-16-29)25-40-36(38)6-3)24-34(33)31-19-11-27(12-20-31)8-7-23-39-35(37)5-2/h5-6,9-22,24H,2-4,7-8,23,25H2,1H3. The van der Waals surface area contributed by atoms with E-state index in [1.165, 1.54) is 34.4 Å². The molecule has 4 aromatic rings. The first kappa shape index (κ1) is 28.3. The first-order chi connectivity index (χ1) is 19.5. The third kappa shape index (κ3) is 7.45. The van der Waals surface area contributed by atoms with E-state index >= 15 is 0 Å². The summed E-state index contributed by atoms with van der Waals surface area (Å²) in [6, 6.07) is 32.0. The van der Waals surface area contributed by atoms with Gasteiger partial charge in [-0.05, 0) is 75.4 Å². The third-order valence-electron chi connectivity index (χ3n) is 6.81. The lowest BCUT2D eigenvalue weighted by Gasteiger charge is -2.14. The summed E-state index contributed by atoms with van der Waals surface area (Å²) in [4.78, 5) is 22.7. The van der Waals surface area contributed by atoms with Crippen molar-refractivity contribution in [3.63, 3.8) is 0 Å². The molecule has 0 heterocycles. The van der Waals surface area contributed by atoms with E-state index in [1.54, 1.807) is 0 Å². The van der Waals surface area contributed by atoms with E-state index in [0.717, 1.165) is 47.1 Å². The zero-order valence-electron chi connectivity index (χ0n) is 22.9. The highest BCUT2D eigenvalue weighted by Crippen LogP contribution is 2.36. The quantitative estimate of drug-likeness (QED) is 0.105. The molecule has 4 aromatic carbocycles. The number of carbonyl (C=O) groups excluding carboxylic acids is 2. The van der Waals surface area contributed by atoms with Crippen LogP contribution >= 0.6 is 0 Å². The third-order valence-corrected chi connectivity index (χ3v) is 6.81. The zero-order chi connectivity index (χ0) is 28.3. The normalized spacial score (nSPS) is 10.5. The molecule has 40 heavy (non-hydrogen) atoms. The van der Waals surface area contributed by atoms with Crippen LogP contribution in [0.2, 0.25) is 0 Å². The average molecular weight is 531 g/mol. The summed E-state index contributed by atoms with van der Waals surface area (Å²) >= 11 is 0. The number of hydrogen-bond acceptors (Lipinski definition) is 4. The molecule has 0 saturated heterocycles. The van der Waals surface area contributed by atoms with Crippen molar-refractivity contribution >= 4 is 11.9 Å². The van der Waals surface area contributed by atoms with Crippen molar-refractivity contribution in [2.45, 2.75) is 32.8 Å². The molecule has 0 aliphatic rings. The second-order valence-corrected chi connectivity index (χ2v) is 9.49. The van der Waals surface area contributed by atoms with Crippen LogP contribution in [0.15, 0.2) is 116 Å². The van der Waals surface area contributed by atoms with E-state index in [1.807, 2.05) is 24.3 Å². The van der Waals surface area contributed by atoms with Gasteiger partial charge in [0, 0.05) is 12.2 Å².